The number of rotatable bonds is 5. The topological polar surface area (TPSA) is 93.8 Å². The Labute approximate surface area is 204 Å². The zero-order valence-electron chi connectivity index (χ0n) is 19.2. The number of pyridine rings is 2. The largest absolute Gasteiger partial charge is 0.378 e. The molecule has 0 aliphatic carbocycles. The van der Waals surface area contributed by atoms with E-state index in [1.165, 1.54) is 11.3 Å². The first kappa shape index (κ1) is 21.8. The standard InChI is InChI=1S/C25H24N6O3S/c1-29-15-26-14-16(29)8-9-27-24(33)21-22(32)17-6-7-20(30-10-12-34-13-11-30)28-23(17)31-18-4-2-3-5-19(18)35-25(21)31/h2-7,14-15H,8-13H2,1H3,(H,27,33). The Morgan fingerprint density at radius 3 is 2.80 bits per heavy atom. The molecule has 35 heavy (non-hydrogen) atoms. The number of nitrogens with one attached hydrogen (secondary N) is 1. The van der Waals surface area contributed by atoms with Gasteiger partial charge in [0.15, 0.2) is 5.65 Å². The number of carbonyl (C=O) groups is 1. The van der Waals surface area contributed by atoms with Crippen LogP contribution in [-0.4, -0.2) is 57.7 Å². The normalized spacial score (nSPS) is 14.3. The summed E-state index contributed by atoms with van der Waals surface area (Å²) >= 11 is 1.44. The Balaban J connectivity index is 1.48. The SMILES string of the molecule is Cn1cncc1CCNC(=O)c1c(=O)c2ccc(N3CCOCC3)nc2n2c1sc1ccccc12. The number of para-hydroxylation sites is 1. The summed E-state index contributed by atoms with van der Waals surface area (Å²) in [7, 11) is 1.92. The number of carbonyl (C=O) groups excluding carboxylic acids is 1. The summed E-state index contributed by atoms with van der Waals surface area (Å²) in [6.45, 7) is 3.19. The van der Waals surface area contributed by atoms with Gasteiger partial charge in [0.2, 0.25) is 5.43 Å². The quantitative estimate of drug-likeness (QED) is 0.409. The van der Waals surface area contributed by atoms with Crippen LogP contribution in [0.1, 0.15) is 16.1 Å². The van der Waals surface area contributed by atoms with Gasteiger partial charge in [0, 0.05) is 45.0 Å². The monoisotopic (exact) mass is 488 g/mol. The minimum Gasteiger partial charge on any atom is -0.378 e. The Kier molecular flexibility index (Phi) is 5.46. The average molecular weight is 489 g/mol. The summed E-state index contributed by atoms with van der Waals surface area (Å²) < 4.78 is 10.3. The molecule has 0 radical (unpaired) electrons. The second-order valence-electron chi connectivity index (χ2n) is 8.56. The van der Waals surface area contributed by atoms with Crippen molar-refractivity contribution < 1.29 is 9.53 Å². The van der Waals surface area contributed by atoms with Gasteiger partial charge in [-0.1, -0.05) is 12.1 Å². The van der Waals surface area contributed by atoms with Crippen LogP contribution in [0, 0.1) is 0 Å². The minimum atomic E-state index is -0.375. The lowest BCUT2D eigenvalue weighted by Crippen LogP contribution is -2.37. The molecular formula is C25H24N6O3S. The molecule has 0 atom stereocenters. The molecule has 6 rings (SSSR count). The van der Waals surface area contributed by atoms with Crippen molar-refractivity contribution in [3.63, 3.8) is 0 Å². The van der Waals surface area contributed by atoms with E-state index in [9.17, 15) is 9.59 Å². The van der Waals surface area contributed by atoms with E-state index >= 15 is 0 Å². The Bertz CT molecular complexity index is 1630. The van der Waals surface area contributed by atoms with E-state index in [0.717, 1.165) is 34.8 Å². The first-order valence-corrected chi connectivity index (χ1v) is 12.4. The Morgan fingerprint density at radius 1 is 1.17 bits per heavy atom. The first-order chi connectivity index (χ1) is 17.1. The maximum Gasteiger partial charge on any atom is 0.258 e. The summed E-state index contributed by atoms with van der Waals surface area (Å²) in [5.41, 5.74) is 2.36. The summed E-state index contributed by atoms with van der Waals surface area (Å²) in [4.78, 5) is 38.8. The van der Waals surface area contributed by atoms with E-state index < -0.39 is 0 Å². The third-order valence-corrected chi connectivity index (χ3v) is 7.56. The van der Waals surface area contributed by atoms with Crippen LogP contribution in [0.4, 0.5) is 5.82 Å². The molecule has 0 bridgehead atoms. The minimum absolute atomic E-state index is 0.157. The zero-order chi connectivity index (χ0) is 23.9. The van der Waals surface area contributed by atoms with Gasteiger partial charge >= 0.3 is 0 Å². The van der Waals surface area contributed by atoms with Crippen molar-refractivity contribution in [2.45, 2.75) is 6.42 Å². The van der Waals surface area contributed by atoms with Crippen LogP contribution in [0.25, 0.3) is 26.1 Å². The van der Waals surface area contributed by atoms with E-state index in [1.54, 1.807) is 18.6 Å². The highest BCUT2D eigenvalue weighted by Gasteiger charge is 2.23. The molecule has 1 aliphatic heterocycles. The molecule has 0 saturated carbocycles. The number of hydrogen-bond acceptors (Lipinski definition) is 7. The van der Waals surface area contributed by atoms with Crippen LogP contribution in [0.3, 0.4) is 0 Å². The average Bonchev–Trinajstić information content (AvgIpc) is 3.47. The zero-order valence-corrected chi connectivity index (χ0v) is 20.0. The van der Waals surface area contributed by atoms with Gasteiger partial charge in [-0.05, 0) is 24.3 Å². The smallest absolute Gasteiger partial charge is 0.258 e. The number of aryl methyl sites for hydroxylation is 1. The van der Waals surface area contributed by atoms with E-state index in [4.69, 9.17) is 9.72 Å². The number of hydrogen-bond donors (Lipinski definition) is 1. The second kappa shape index (κ2) is 8.79. The van der Waals surface area contributed by atoms with Gasteiger partial charge < -0.3 is 19.5 Å². The number of fused-ring (bicyclic) bond motifs is 5. The highest BCUT2D eigenvalue weighted by atomic mass is 32.1. The molecule has 1 aromatic carbocycles. The fraction of sp³-hybridized carbons (Fsp3) is 0.280. The lowest BCUT2D eigenvalue weighted by Gasteiger charge is -2.27. The maximum absolute atomic E-state index is 13.6. The van der Waals surface area contributed by atoms with Crippen molar-refractivity contribution in [1.82, 2.24) is 24.3 Å². The lowest BCUT2D eigenvalue weighted by molar-refractivity contribution is 0.0954. The molecule has 1 amide bonds. The van der Waals surface area contributed by atoms with Gasteiger partial charge in [0.25, 0.3) is 5.91 Å². The van der Waals surface area contributed by atoms with Crippen LogP contribution in [0.15, 0.2) is 53.7 Å². The predicted molar refractivity (Wildman–Crippen MR) is 137 cm³/mol. The molecule has 0 unspecified atom stereocenters. The van der Waals surface area contributed by atoms with Crippen molar-refractivity contribution in [3.05, 3.63) is 70.4 Å². The number of thiazole rings is 1. The summed E-state index contributed by atoms with van der Waals surface area (Å²) in [5, 5.41) is 3.37. The van der Waals surface area contributed by atoms with Crippen molar-refractivity contribution in [2.24, 2.45) is 7.05 Å². The summed E-state index contributed by atoms with van der Waals surface area (Å²) in [5.74, 6) is 0.429. The number of imidazole rings is 1. The number of ether oxygens (including phenoxy) is 1. The molecule has 1 aliphatic rings. The number of aromatic nitrogens is 4. The lowest BCUT2D eigenvalue weighted by atomic mass is 10.1. The van der Waals surface area contributed by atoms with E-state index in [2.05, 4.69) is 15.2 Å². The van der Waals surface area contributed by atoms with Crippen molar-refractivity contribution in [2.75, 3.05) is 37.7 Å². The third kappa shape index (κ3) is 3.75. The van der Waals surface area contributed by atoms with Gasteiger partial charge in [0.1, 0.15) is 16.2 Å². The van der Waals surface area contributed by atoms with Gasteiger partial charge in [-0.15, -0.1) is 11.3 Å². The van der Waals surface area contributed by atoms with Crippen LogP contribution in [-0.2, 0) is 18.2 Å². The third-order valence-electron chi connectivity index (χ3n) is 6.42. The van der Waals surface area contributed by atoms with Crippen LogP contribution in [0.2, 0.25) is 0 Å². The molecule has 4 aromatic heterocycles. The highest BCUT2D eigenvalue weighted by molar-refractivity contribution is 7.24. The van der Waals surface area contributed by atoms with Crippen LogP contribution in [0.5, 0.6) is 0 Å². The van der Waals surface area contributed by atoms with Crippen LogP contribution >= 0.6 is 11.3 Å². The van der Waals surface area contributed by atoms with Crippen LogP contribution < -0.4 is 15.6 Å². The van der Waals surface area contributed by atoms with Gasteiger partial charge in [0.05, 0.1) is 35.1 Å². The highest BCUT2D eigenvalue weighted by Crippen LogP contribution is 2.31. The Morgan fingerprint density at radius 2 is 2.00 bits per heavy atom. The fourth-order valence-corrected chi connectivity index (χ4v) is 5.75. The number of anilines is 1. The number of morpholine rings is 1. The summed E-state index contributed by atoms with van der Waals surface area (Å²) in [6.07, 6.45) is 4.13. The molecule has 9 nitrogen and oxygen atoms in total. The van der Waals surface area contributed by atoms with E-state index in [0.29, 0.717) is 42.0 Å². The van der Waals surface area contributed by atoms with Crippen molar-refractivity contribution in [3.8, 4) is 0 Å². The summed E-state index contributed by atoms with van der Waals surface area (Å²) in [6, 6.07) is 11.6. The molecule has 5 aromatic rings. The first-order valence-electron chi connectivity index (χ1n) is 11.5. The maximum atomic E-state index is 13.6. The molecular weight excluding hydrogens is 464 g/mol. The molecule has 178 valence electrons. The molecule has 10 heteroatoms. The van der Waals surface area contributed by atoms with Gasteiger partial charge in [-0.2, -0.15) is 0 Å². The van der Waals surface area contributed by atoms with E-state index in [-0.39, 0.29) is 16.9 Å². The molecule has 5 heterocycles. The molecule has 1 N–H and O–H groups in total. The Hall–Kier alpha value is -3.76. The molecule has 0 spiro atoms. The fourth-order valence-electron chi connectivity index (χ4n) is 4.57. The van der Waals surface area contributed by atoms with E-state index in [1.807, 2.05) is 46.3 Å². The molecule has 1 saturated heterocycles. The number of amides is 1. The van der Waals surface area contributed by atoms with Crippen molar-refractivity contribution in [1.29, 1.82) is 0 Å². The predicted octanol–water partition coefficient (Wildman–Crippen LogP) is 2.61. The second-order valence-corrected chi connectivity index (χ2v) is 9.59. The molecule has 1 fully saturated rings. The van der Waals surface area contributed by atoms with Gasteiger partial charge in [-0.25, -0.2) is 9.97 Å². The van der Waals surface area contributed by atoms with Gasteiger partial charge in [-0.3, -0.25) is 14.0 Å². The van der Waals surface area contributed by atoms with Crippen molar-refractivity contribution >= 4 is 49.1 Å². The number of nitrogens with zero attached hydrogens (tertiary/aromatic N) is 5. The number of benzene rings is 1.